The van der Waals surface area contributed by atoms with Crippen molar-refractivity contribution in [1.29, 1.82) is 0 Å². The number of hydrogen-bond acceptors (Lipinski definition) is 4. The maximum atomic E-state index is 6.10. The summed E-state index contributed by atoms with van der Waals surface area (Å²) >= 11 is 0. The summed E-state index contributed by atoms with van der Waals surface area (Å²) in [6, 6.07) is 0.599. The highest BCUT2D eigenvalue weighted by Crippen LogP contribution is 2.46. The molecule has 104 valence electrons. The van der Waals surface area contributed by atoms with E-state index >= 15 is 0 Å². The van der Waals surface area contributed by atoms with Gasteiger partial charge in [-0.3, -0.25) is 0 Å². The Balaban J connectivity index is 1.43. The highest BCUT2D eigenvalue weighted by atomic mass is 16.5. The molecule has 0 aromatic rings. The molecule has 0 unspecified atom stereocenters. The van der Waals surface area contributed by atoms with Crippen LogP contribution in [-0.4, -0.2) is 35.1 Å². The lowest BCUT2D eigenvalue weighted by Gasteiger charge is -2.40. The smallest absolute Gasteiger partial charge is 0.193 e. The third kappa shape index (κ3) is 1.58. The largest absolute Gasteiger partial charge is 0.472 e. The van der Waals surface area contributed by atoms with Gasteiger partial charge < -0.3 is 9.47 Å². The van der Waals surface area contributed by atoms with Gasteiger partial charge in [-0.2, -0.15) is 0 Å². The molecule has 4 nitrogen and oxygen atoms in total. The summed E-state index contributed by atoms with van der Waals surface area (Å²) in [7, 11) is 0. The van der Waals surface area contributed by atoms with Gasteiger partial charge in [0.1, 0.15) is 11.2 Å². The zero-order chi connectivity index (χ0) is 13.1. The summed E-state index contributed by atoms with van der Waals surface area (Å²) in [4.78, 5) is 9.35. The Morgan fingerprint density at radius 1 is 0.895 bits per heavy atom. The molecule has 0 radical (unpaired) electrons. The maximum Gasteiger partial charge on any atom is 0.193 e. The highest BCUT2D eigenvalue weighted by molar-refractivity contribution is 5.99. The molecule has 4 rings (SSSR count). The molecule has 0 N–H and O–H groups in total. The molecule has 19 heavy (non-hydrogen) atoms. The van der Waals surface area contributed by atoms with Crippen LogP contribution in [0.1, 0.15) is 58.8 Å². The van der Waals surface area contributed by atoms with Crippen LogP contribution in [-0.2, 0) is 9.47 Å². The van der Waals surface area contributed by atoms with Crippen molar-refractivity contribution in [1.82, 2.24) is 0 Å². The van der Waals surface area contributed by atoms with E-state index in [0.29, 0.717) is 18.5 Å². The van der Waals surface area contributed by atoms with E-state index in [-0.39, 0.29) is 11.2 Å². The van der Waals surface area contributed by atoms with E-state index in [1.807, 2.05) is 0 Å². The molecule has 4 heteroatoms. The summed E-state index contributed by atoms with van der Waals surface area (Å²) in [5, 5.41) is 0. The third-order valence-corrected chi connectivity index (χ3v) is 5.54. The Bertz CT molecular complexity index is 419. The first-order valence-electron chi connectivity index (χ1n) is 7.63. The molecule has 2 atom stereocenters. The Hall–Kier alpha value is -1.06. The van der Waals surface area contributed by atoms with Crippen molar-refractivity contribution in [2.24, 2.45) is 9.98 Å². The van der Waals surface area contributed by atoms with Crippen LogP contribution >= 0.6 is 0 Å². The first-order chi connectivity index (χ1) is 9.12. The van der Waals surface area contributed by atoms with Crippen molar-refractivity contribution in [3.63, 3.8) is 0 Å². The average Bonchev–Trinajstić information content (AvgIpc) is 2.75. The van der Waals surface area contributed by atoms with Crippen LogP contribution in [0.15, 0.2) is 9.98 Å². The van der Waals surface area contributed by atoms with E-state index in [1.54, 1.807) is 0 Å². The fourth-order valence-corrected chi connectivity index (χ4v) is 3.74. The summed E-state index contributed by atoms with van der Waals surface area (Å²) in [5.41, 5.74) is 0.0442. The van der Waals surface area contributed by atoms with Gasteiger partial charge in [-0.15, -0.1) is 0 Å². The topological polar surface area (TPSA) is 43.2 Å². The van der Waals surface area contributed by atoms with Crippen LogP contribution in [0.2, 0.25) is 0 Å². The highest BCUT2D eigenvalue weighted by Gasteiger charge is 2.51. The summed E-state index contributed by atoms with van der Waals surface area (Å²) in [6.45, 7) is 4.33. The van der Waals surface area contributed by atoms with Gasteiger partial charge in [0.2, 0.25) is 0 Å². The molecule has 0 amide bonds. The predicted octanol–water partition coefficient (Wildman–Crippen LogP) is 2.86. The Morgan fingerprint density at radius 3 is 1.58 bits per heavy atom. The second-order valence-corrected chi connectivity index (χ2v) is 6.62. The molecular weight excluding hydrogens is 240 g/mol. The lowest BCUT2D eigenvalue weighted by atomic mass is 9.76. The monoisotopic (exact) mass is 262 g/mol. The van der Waals surface area contributed by atoms with E-state index in [1.165, 1.54) is 12.8 Å². The van der Waals surface area contributed by atoms with Crippen molar-refractivity contribution < 1.29 is 9.47 Å². The summed E-state index contributed by atoms with van der Waals surface area (Å²) < 4.78 is 12.2. The molecule has 0 bridgehead atoms. The maximum absolute atomic E-state index is 6.10. The number of nitrogens with zero attached hydrogens (tertiary/aromatic N) is 2. The molecule has 2 fully saturated rings. The average molecular weight is 262 g/mol. The lowest BCUT2D eigenvalue weighted by molar-refractivity contribution is -0.0212. The fourth-order valence-electron chi connectivity index (χ4n) is 3.74. The van der Waals surface area contributed by atoms with E-state index in [2.05, 4.69) is 23.8 Å². The number of rotatable bonds is 2. The summed E-state index contributed by atoms with van der Waals surface area (Å²) in [6.07, 6.45) is 7.78. The minimum absolute atomic E-state index is 0.0221. The zero-order valence-electron chi connectivity index (χ0n) is 11.8. The second kappa shape index (κ2) is 3.74. The van der Waals surface area contributed by atoms with E-state index in [4.69, 9.17) is 9.47 Å². The van der Waals surface area contributed by atoms with Crippen molar-refractivity contribution >= 4 is 11.8 Å². The van der Waals surface area contributed by atoms with Gasteiger partial charge in [0.05, 0.1) is 18.5 Å². The third-order valence-electron chi connectivity index (χ3n) is 5.54. The van der Waals surface area contributed by atoms with Crippen LogP contribution in [0.5, 0.6) is 0 Å². The Kier molecular flexibility index (Phi) is 2.31. The number of hydrogen-bond donors (Lipinski definition) is 0. The van der Waals surface area contributed by atoms with Gasteiger partial charge in [0.25, 0.3) is 0 Å². The molecule has 2 heterocycles. The van der Waals surface area contributed by atoms with Gasteiger partial charge >= 0.3 is 0 Å². The van der Waals surface area contributed by atoms with Crippen molar-refractivity contribution in [3.05, 3.63) is 0 Å². The molecular formula is C15H22N2O2. The van der Waals surface area contributed by atoms with E-state index < -0.39 is 0 Å². The molecule has 0 saturated heterocycles. The molecule has 2 aliphatic heterocycles. The van der Waals surface area contributed by atoms with Crippen molar-refractivity contribution in [2.75, 3.05) is 0 Å². The predicted molar refractivity (Wildman–Crippen MR) is 73.7 cm³/mol. The minimum Gasteiger partial charge on any atom is -0.472 e. The standard InChI is InChI=1S/C15H22N2O2/c1-10-14(5-3-6-14)18-12(16-10)9-13-17-11(2)15(19-13)7-4-8-15/h10-11H,3-9H2,1-2H3/t10-,11-/m1/s1. The Labute approximate surface area is 114 Å². The summed E-state index contributed by atoms with van der Waals surface area (Å²) in [5.74, 6) is 1.68. The van der Waals surface area contributed by atoms with E-state index in [9.17, 15) is 0 Å². The van der Waals surface area contributed by atoms with Crippen LogP contribution in [0, 0.1) is 0 Å². The van der Waals surface area contributed by atoms with Crippen molar-refractivity contribution in [2.45, 2.75) is 82.1 Å². The first kappa shape index (κ1) is 11.7. The van der Waals surface area contributed by atoms with Gasteiger partial charge in [0.15, 0.2) is 11.8 Å². The number of aliphatic imine (C=N–C) groups is 2. The molecule has 2 aliphatic carbocycles. The van der Waals surface area contributed by atoms with Gasteiger partial charge in [-0.05, 0) is 52.4 Å². The van der Waals surface area contributed by atoms with Gasteiger partial charge in [-0.1, -0.05) is 0 Å². The van der Waals surface area contributed by atoms with Crippen LogP contribution in [0.4, 0.5) is 0 Å². The van der Waals surface area contributed by atoms with Crippen LogP contribution in [0.25, 0.3) is 0 Å². The quantitative estimate of drug-likeness (QED) is 0.768. The Morgan fingerprint density at radius 2 is 1.32 bits per heavy atom. The molecule has 4 aliphatic rings. The second-order valence-electron chi connectivity index (χ2n) is 6.62. The first-order valence-corrected chi connectivity index (χ1v) is 7.63. The SMILES string of the molecule is C[C@H]1N=C(CC2=N[C@H](C)C3(CCC3)O2)OC12CCC2. The molecule has 2 spiro atoms. The molecule has 2 saturated carbocycles. The molecule has 0 aromatic heterocycles. The van der Waals surface area contributed by atoms with Crippen molar-refractivity contribution in [3.8, 4) is 0 Å². The molecule has 0 aromatic carbocycles. The van der Waals surface area contributed by atoms with E-state index in [0.717, 1.165) is 37.5 Å². The normalized spacial score (nSPS) is 37.2. The van der Waals surface area contributed by atoms with Gasteiger partial charge in [0, 0.05) is 0 Å². The van der Waals surface area contributed by atoms with Gasteiger partial charge in [-0.25, -0.2) is 9.98 Å². The zero-order valence-corrected chi connectivity index (χ0v) is 11.8. The van der Waals surface area contributed by atoms with Crippen LogP contribution < -0.4 is 0 Å². The minimum atomic E-state index is 0.0221. The van der Waals surface area contributed by atoms with Crippen LogP contribution in [0.3, 0.4) is 0 Å². The fraction of sp³-hybridized carbons (Fsp3) is 0.867. The lowest BCUT2D eigenvalue weighted by Crippen LogP contribution is -2.46. The number of ether oxygens (including phenoxy) is 2.